The lowest BCUT2D eigenvalue weighted by Gasteiger charge is -2.12. The maximum Gasteiger partial charge on any atom is 0.172 e. The molecule has 0 atom stereocenters. The van der Waals surface area contributed by atoms with Gasteiger partial charge in [0.15, 0.2) is 23.1 Å². The van der Waals surface area contributed by atoms with Gasteiger partial charge in [0.05, 0.1) is 12.7 Å². The molecule has 17 heavy (non-hydrogen) atoms. The summed E-state index contributed by atoms with van der Waals surface area (Å²) in [5.41, 5.74) is 7.86. The number of anilines is 1. The summed E-state index contributed by atoms with van der Waals surface area (Å²) in [6.07, 6.45) is 0. The van der Waals surface area contributed by atoms with Gasteiger partial charge in [0, 0.05) is 6.07 Å². The first-order valence-electron chi connectivity index (χ1n) is 5.14. The molecule has 0 unspecified atom stereocenters. The Balaban J connectivity index is 2.69. The number of ether oxygens (including phenoxy) is 1. The summed E-state index contributed by atoms with van der Waals surface area (Å²) in [5.74, 6) is 1.24. The van der Waals surface area contributed by atoms with Crippen molar-refractivity contribution >= 4 is 5.82 Å². The molecule has 0 fully saturated rings. The Labute approximate surface area is 98.8 Å². The molecule has 0 bridgehead atoms. The number of nitrogens with two attached hydrogens (primary N) is 1. The number of benzene rings is 1. The lowest BCUT2D eigenvalue weighted by Crippen LogP contribution is -1.92. The number of phenols is 1. The van der Waals surface area contributed by atoms with E-state index in [1.54, 1.807) is 6.07 Å². The van der Waals surface area contributed by atoms with Crippen molar-refractivity contribution in [2.45, 2.75) is 13.8 Å². The topological polar surface area (TPSA) is 81.5 Å². The van der Waals surface area contributed by atoms with Crippen LogP contribution in [0.3, 0.4) is 0 Å². The fourth-order valence-electron chi connectivity index (χ4n) is 1.68. The third kappa shape index (κ3) is 1.80. The Kier molecular flexibility index (Phi) is 2.67. The van der Waals surface area contributed by atoms with Gasteiger partial charge in [-0.1, -0.05) is 5.16 Å². The van der Waals surface area contributed by atoms with Crippen LogP contribution in [0.25, 0.3) is 11.3 Å². The summed E-state index contributed by atoms with van der Waals surface area (Å²) in [7, 11) is 1.49. The summed E-state index contributed by atoms with van der Waals surface area (Å²) >= 11 is 0. The SMILES string of the molecule is COc1c(-c2cc(N)no2)cc(C)c(C)c1O. The molecule has 1 aromatic carbocycles. The van der Waals surface area contributed by atoms with E-state index in [1.807, 2.05) is 19.9 Å². The summed E-state index contributed by atoms with van der Waals surface area (Å²) in [4.78, 5) is 0. The molecule has 0 amide bonds. The van der Waals surface area contributed by atoms with Gasteiger partial charge in [-0.25, -0.2) is 0 Å². The fraction of sp³-hybridized carbons (Fsp3) is 0.250. The molecule has 0 saturated heterocycles. The summed E-state index contributed by atoms with van der Waals surface area (Å²) in [6, 6.07) is 3.46. The Morgan fingerprint density at radius 3 is 2.59 bits per heavy atom. The number of nitrogen functional groups attached to an aromatic ring is 1. The minimum atomic E-state index is 0.109. The van der Waals surface area contributed by atoms with Crippen LogP contribution in [0, 0.1) is 13.8 Å². The minimum absolute atomic E-state index is 0.109. The van der Waals surface area contributed by atoms with Gasteiger partial charge in [-0.2, -0.15) is 0 Å². The number of hydrogen-bond donors (Lipinski definition) is 2. The van der Waals surface area contributed by atoms with Crippen LogP contribution < -0.4 is 10.5 Å². The number of aryl methyl sites for hydroxylation is 1. The Morgan fingerprint density at radius 1 is 1.35 bits per heavy atom. The summed E-state index contributed by atoms with van der Waals surface area (Å²) < 4.78 is 10.3. The van der Waals surface area contributed by atoms with Gasteiger partial charge in [0.2, 0.25) is 0 Å². The molecule has 0 saturated carbocycles. The predicted molar refractivity (Wildman–Crippen MR) is 64.0 cm³/mol. The largest absolute Gasteiger partial charge is 0.504 e. The van der Waals surface area contributed by atoms with Crippen molar-refractivity contribution in [1.82, 2.24) is 5.16 Å². The van der Waals surface area contributed by atoms with Crippen LogP contribution >= 0.6 is 0 Å². The average Bonchev–Trinajstić information content (AvgIpc) is 2.72. The van der Waals surface area contributed by atoms with Crippen molar-refractivity contribution in [3.63, 3.8) is 0 Å². The van der Waals surface area contributed by atoms with E-state index >= 15 is 0 Å². The molecular weight excluding hydrogens is 220 g/mol. The van der Waals surface area contributed by atoms with E-state index in [0.29, 0.717) is 22.9 Å². The highest BCUT2D eigenvalue weighted by Gasteiger charge is 2.18. The molecule has 0 radical (unpaired) electrons. The standard InChI is InChI=1S/C12H14N2O3/c1-6-4-8(9-5-10(13)14-17-9)12(16-3)11(15)7(6)2/h4-5,15H,1-3H3,(H2,13,14). The number of rotatable bonds is 2. The number of nitrogens with zero attached hydrogens (tertiary/aromatic N) is 1. The molecule has 1 aromatic heterocycles. The number of hydrogen-bond acceptors (Lipinski definition) is 5. The molecule has 0 spiro atoms. The Bertz CT molecular complexity index is 561. The molecule has 3 N–H and O–H groups in total. The molecule has 5 nitrogen and oxygen atoms in total. The van der Waals surface area contributed by atoms with Crippen LogP contribution in [0.4, 0.5) is 5.82 Å². The second kappa shape index (κ2) is 4.01. The van der Waals surface area contributed by atoms with E-state index in [2.05, 4.69) is 5.16 Å². The van der Waals surface area contributed by atoms with Crippen LogP contribution in [0.1, 0.15) is 11.1 Å². The van der Waals surface area contributed by atoms with Crippen molar-refractivity contribution in [3.05, 3.63) is 23.3 Å². The molecule has 0 aliphatic rings. The van der Waals surface area contributed by atoms with E-state index in [9.17, 15) is 5.11 Å². The van der Waals surface area contributed by atoms with E-state index in [1.165, 1.54) is 7.11 Å². The molecule has 2 aromatic rings. The zero-order valence-corrected chi connectivity index (χ0v) is 9.94. The molecule has 2 rings (SSSR count). The highest BCUT2D eigenvalue weighted by molar-refractivity contribution is 5.73. The number of aromatic hydroxyl groups is 1. The molecular formula is C12H14N2O3. The maximum atomic E-state index is 10.0. The van der Waals surface area contributed by atoms with Crippen molar-refractivity contribution in [2.24, 2.45) is 0 Å². The van der Waals surface area contributed by atoms with E-state index < -0.39 is 0 Å². The molecule has 0 aliphatic heterocycles. The van der Waals surface area contributed by atoms with Gasteiger partial charge < -0.3 is 20.1 Å². The van der Waals surface area contributed by atoms with Crippen molar-refractivity contribution in [1.29, 1.82) is 0 Å². The zero-order chi connectivity index (χ0) is 12.6. The van der Waals surface area contributed by atoms with Gasteiger partial charge in [0.1, 0.15) is 0 Å². The molecule has 90 valence electrons. The summed E-state index contributed by atoms with van der Waals surface area (Å²) in [5, 5.41) is 13.6. The smallest absolute Gasteiger partial charge is 0.172 e. The maximum absolute atomic E-state index is 10.0. The monoisotopic (exact) mass is 234 g/mol. The second-order valence-corrected chi connectivity index (χ2v) is 3.86. The van der Waals surface area contributed by atoms with Crippen molar-refractivity contribution in [3.8, 4) is 22.8 Å². The first kappa shape index (κ1) is 11.3. The van der Waals surface area contributed by atoms with E-state index in [0.717, 1.165) is 11.1 Å². The highest BCUT2D eigenvalue weighted by Crippen LogP contribution is 2.41. The number of phenolic OH excluding ortho intramolecular Hbond substituents is 1. The van der Waals surface area contributed by atoms with Crippen LogP contribution in [-0.4, -0.2) is 17.4 Å². The molecule has 1 heterocycles. The van der Waals surface area contributed by atoms with Gasteiger partial charge in [-0.05, 0) is 31.0 Å². The zero-order valence-electron chi connectivity index (χ0n) is 9.94. The lowest BCUT2D eigenvalue weighted by atomic mass is 10.0. The third-order valence-electron chi connectivity index (χ3n) is 2.77. The van der Waals surface area contributed by atoms with Crippen molar-refractivity contribution < 1.29 is 14.4 Å². The van der Waals surface area contributed by atoms with Gasteiger partial charge in [-0.15, -0.1) is 0 Å². The van der Waals surface area contributed by atoms with Gasteiger partial charge >= 0.3 is 0 Å². The lowest BCUT2D eigenvalue weighted by molar-refractivity contribution is 0.369. The predicted octanol–water partition coefficient (Wildman–Crippen LogP) is 2.25. The van der Waals surface area contributed by atoms with E-state index in [-0.39, 0.29) is 5.75 Å². The van der Waals surface area contributed by atoms with Crippen molar-refractivity contribution in [2.75, 3.05) is 12.8 Å². The second-order valence-electron chi connectivity index (χ2n) is 3.86. The van der Waals surface area contributed by atoms with Crippen LogP contribution in [-0.2, 0) is 0 Å². The van der Waals surface area contributed by atoms with Gasteiger partial charge in [0.25, 0.3) is 0 Å². The number of aromatic nitrogens is 1. The third-order valence-corrected chi connectivity index (χ3v) is 2.77. The van der Waals surface area contributed by atoms with E-state index in [4.69, 9.17) is 15.0 Å². The average molecular weight is 234 g/mol. The normalized spacial score (nSPS) is 10.5. The molecule has 0 aliphatic carbocycles. The highest BCUT2D eigenvalue weighted by atomic mass is 16.5. The minimum Gasteiger partial charge on any atom is -0.504 e. The first-order chi connectivity index (χ1) is 8.04. The molecule has 5 heteroatoms. The van der Waals surface area contributed by atoms with Crippen LogP contribution in [0.15, 0.2) is 16.7 Å². The van der Waals surface area contributed by atoms with Crippen LogP contribution in [0.2, 0.25) is 0 Å². The Hall–Kier alpha value is -2.17. The Morgan fingerprint density at radius 2 is 2.06 bits per heavy atom. The summed E-state index contributed by atoms with van der Waals surface area (Å²) in [6.45, 7) is 3.73. The van der Waals surface area contributed by atoms with Gasteiger partial charge in [-0.3, -0.25) is 0 Å². The first-order valence-corrected chi connectivity index (χ1v) is 5.14. The fourth-order valence-corrected chi connectivity index (χ4v) is 1.68. The number of methoxy groups -OCH3 is 1. The van der Waals surface area contributed by atoms with Crippen LogP contribution in [0.5, 0.6) is 11.5 Å². The quantitative estimate of drug-likeness (QED) is 0.832.